The smallest absolute Gasteiger partial charge is 0.0869 e. The first-order chi connectivity index (χ1) is 4.88. The van der Waals surface area contributed by atoms with E-state index in [9.17, 15) is 0 Å². The van der Waals surface area contributed by atoms with Crippen molar-refractivity contribution in [3.05, 3.63) is 11.4 Å². The number of nitrogens with zero attached hydrogens (tertiary/aromatic N) is 1. The largest absolute Gasteiger partial charge is 0.370 e. The maximum atomic E-state index is 3.41. The normalized spacial score (nSPS) is 24.7. The Labute approximate surface area is 61.9 Å². The third-order valence-electron chi connectivity index (χ3n) is 2.43. The Bertz CT molecular complexity index is 172. The van der Waals surface area contributed by atoms with Crippen molar-refractivity contribution in [3.63, 3.8) is 0 Å². The fourth-order valence-corrected chi connectivity index (χ4v) is 1.81. The zero-order valence-electron chi connectivity index (χ0n) is 6.48. The van der Waals surface area contributed by atoms with Crippen LogP contribution in [0.5, 0.6) is 0 Å². The second-order valence-electron chi connectivity index (χ2n) is 3.17. The van der Waals surface area contributed by atoms with E-state index in [-0.39, 0.29) is 0 Å². The minimum absolute atomic E-state index is 1.03. The number of nitrogens with one attached hydrogen (secondary N) is 1. The van der Waals surface area contributed by atoms with Gasteiger partial charge in [0.1, 0.15) is 0 Å². The minimum atomic E-state index is 1.03. The van der Waals surface area contributed by atoms with Crippen LogP contribution in [0.4, 0.5) is 0 Å². The van der Waals surface area contributed by atoms with Crippen LogP contribution in [0.25, 0.3) is 0 Å². The van der Waals surface area contributed by atoms with E-state index in [0.29, 0.717) is 0 Å². The molecule has 0 saturated heterocycles. The molecule has 1 aliphatic heterocycles. The molecule has 2 rings (SSSR count). The lowest BCUT2D eigenvalue weighted by Crippen LogP contribution is -2.18. The Morgan fingerprint density at radius 2 is 2.10 bits per heavy atom. The summed E-state index contributed by atoms with van der Waals surface area (Å²) in [5.74, 6) is 0. The zero-order chi connectivity index (χ0) is 6.97. The average Bonchev–Trinajstić information content (AvgIpc) is 2.34. The topological polar surface area (TPSA) is 15.3 Å². The van der Waals surface area contributed by atoms with E-state index in [1.54, 1.807) is 5.70 Å². The van der Waals surface area contributed by atoms with E-state index < -0.39 is 0 Å². The first-order valence-electron chi connectivity index (χ1n) is 4.05. The fourth-order valence-electron chi connectivity index (χ4n) is 1.81. The fraction of sp³-hybridized carbons (Fsp3) is 0.750. The Balaban J connectivity index is 2.20. The second kappa shape index (κ2) is 2.19. The summed E-state index contributed by atoms with van der Waals surface area (Å²) < 4.78 is 0. The molecule has 1 heterocycles. The molecule has 0 spiro atoms. The summed E-state index contributed by atoms with van der Waals surface area (Å²) in [4.78, 5) is 2.33. The molecule has 1 aliphatic carbocycles. The first kappa shape index (κ1) is 6.08. The SMILES string of the molecule is CN1CNC2=C1CCCC2. The van der Waals surface area contributed by atoms with Gasteiger partial charge in [-0.15, -0.1) is 0 Å². The van der Waals surface area contributed by atoms with Crippen molar-refractivity contribution in [2.75, 3.05) is 13.7 Å². The Hall–Kier alpha value is -0.660. The molecular weight excluding hydrogens is 124 g/mol. The lowest BCUT2D eigenvalue weighted by Gasteiger charge is -2.17. The van der Waals surface area contributed by atoms with Crippen LogP contribution < -0.4 is 5.32 Å². The van der Waals surface area contributed by atoms with Gasteiger partial charge in [-0.05, 0) is 25.7 Å². The van der Waals surface area contributed by atoms with Gasteiger partial charge in [0, 0.05) is 18.4 Å². The Morgan fingerprint density at radius 1 is 1.30 bits per heavy atom. The van der Waals surface area contributed by atoms with Crippen molar-refractivity contribution in [1.29, 1.82) is 0 Å². The lowest BCUT2D eigenvalue weighted by atomic mass is 10.0. The summed E-state index contributed by atoms with van der Waals surface area (Å²) in [6, 6.07) is 0. The van der Waals surface area contributed by atoms with Gasteiger partial charge in [0.05, 0.1) is 6.67 Å². The van der Waals surface area contributed by atoms with Gasteiger partial charge in [-0.25, -0.2) is 0 Å². The molecule has 2 heteroatoms. The van der Waals surface area contributed by atoms with Crippen molar-refractivity contribution in [2.45, 2.75) is 25.7 Å². The molecule has 56 valence electrons. The summed E-state index contributed by atoms with van der Waals surface area (Å²) in [7, 11) is 2.17. The molecule has 0 radical (unpaired) electrons. The summed E-state index contributed by atoms with van der Waals surface area (Å²) in [6.45, 7) is 1.03. The molecule has 0 bridgehead atoms. The van der Waals surface area contributed by atoms with Gasteiger partial charge in [-0.3, -0.25) is 0 Å². The minimum Gasteiger partial charge on any atom is -0.370 e. The molecular formula is C8H14N2. The highest BCUT2D eigenvalue weighted by Gasteiger charge is 2.20. The predicted octanol–water partition coefficient (Wildman–Crippen LogP) is 1.26. The first-order valence-corrected chi connectivity index (χ1v) is 4.05. The van der Waals surface area contributed by atoms with Gasteiger partial charge in [0.25, 0.3) is 0 Å². The van der Waals surface area contributed by atoms with Gasteiger partial charge in [-0.1, -0.05) is 0 Å². The Morgan fingerprint density at radius 3 is 2.90 bits per heavy atom. The Kier molecular flexibility index (Phi) is 1.33. The van der Waals surface area contributed by atoms with E-state index >= 15 is 0 Å². The molecule has 0 aromatic carbocycles. The highest BCUT2D eigenvalue weighted by atomic mass is 15.3. The highest BCUT2D eigenvalue weighted by Crippen LogP contribution is 2.27. The third-order valence-corrected chi connectivity index (χ3v) is 2.43. The maximum Gasteiger partial charge on any atom is 0.0869 e. The maximum absolute atomic E-state index is 3.41. The van der Waals surface area contributed by atoms with Crippen LogP contribution in [0.3, 0.4) is 0 Å². The molecule has 0 fully saturated rings. The highest BCUT2D eigenvalue weighted by molar-refractivity contribution is 5.18. The molecule has 2 aliphatic rings. The van der Waals surface area contributed by atoms with E-state index in [2.05, 4.69) is 17.3 Å². The summed E-state index contributed by atoms with van der Waals surface area (Å²) in [5, 5.41) is 3.41. The van der Waals surface area contributed by atoms with Crippen LogP contribution in [0.2, 0.25) is 0 Å². The number of allylic oxidation sites excluding steroid dienone is 2. The molecule has 10 heavy (non-hydrogen) atoms. The number of hydrogen-bond donors (Lipinski definition) is 1. The van der Waals surface area contributed by atoms with E-state index in [4.69, 9.17) is 0 Å². The summed E-state index contributed by atoms with van der Waals surface area (Å²) in [5.41, 5.74) is 3.07. The molecule has 0 atom stereocenters. The predicted molar refractivity (Wildman–Crippen MR) is 41.3 cm³/mol. The van der Waals surface area contributed by atoms with Gasteiger partial charge >= 0.3 is 0 Å². The zero-order valence-corrected chi connectivity index (χ0v) is 6.48. The molecule has 0 saturated carbocycles. The average molecular weight is 138 g/mol. The molecule has 1 N–H and O–H groups in total. The standard InChI is InChI=1S/C8H14N2/c1-10-6-9-7-4-2-3-5-8(7)10/h9H,2-6H2,1H3. The number of rotatable bonds is 0. The van der Waals surface area contributed by atoms with Gasteiger partial charge in [-0.2, -0.15) is 0 Å². The monoisotopic (exact) mass is 138 g/mol. The molecule has 0 unspecified atom stereocenters. The van der Waals surface area contributed by atoms with Gasteiger partial charge in [0.2, 0.25) is 0 Å². The molecule has 0 aromatic heterocycles. The summed E-state index contributed by atoms with van der Waals surface area (Å²) in [6.07, 6.45) is 5.32. The van der Waals surface area contributed by atoms with E-state index in [1.165, 1.54) is 31.4 Å². The molecule has 2 nitrogen and oxygen atoms in total. The quantitative estimate of drug-likeness (QED) is 0.542. The van der Waals surface area contributed by atoms with Crippen molar-refractivity contribution < 1.29 is 0 Å². The second-order valence-corrected chi connectivity index (χ2v) is 3.17. The van der Waals surface area contributed by atoms with Crippen molar-refractivity contribution in [1.82, 2.24) is 10.2 Å². The van der Waals surface area contributed by atoms with Crippen LogP contribution in [0.15, 0.2) is 11.4 Å². The van der Waals surface area contributed by atoms with Crippen molar-refractivity contribution >= 4 is 0 Å². The van der Waals surface area contributed by atoms with Crippen LogP contribution >= 0.6 is 0 Å². The molecule has 0 aromatic rings. The summed E-state index contributed by atoms with van der Waals surface area (Å²) >= 11 is 0. The van der Waals surface area contributed by atoms with Crippen molar-refractivity contribution in [2.24, 2.45) is 0 Å². The van der Waals surface area contributed by atoms with Crippen LogP contribution in [-0.2, 0) is 0 Å². The van der Waals surface area contributed by atoms with Crippen LogP contribution in [-0.4, -0.2) is 18.6 Å². The van der Waals surface area contributed by atoms with E-state index in [1.807, 2.05) is 0 Å². The van der Waals surface area contributed by atoms with Gasteiger partial charge in [0.15, 0.2) is 0 Å². The van der Waals surface area contributed by atoms with Crippen LogP contribution in [0.1, 0.15) is 25.7 Å². The van der Waals surface area contributed by atoms with Crippen LogP contribution in [0, 0.1) is 0 Å². The molecule has 0 amide bonds. The van der Waals surface area contributed by atoms with Crippen molar-refractivity contribution in [3.8, 4) is 0 Å². The van der Waals surface area contributed by atoms with E-state index in [0.717, 1.165) is 6.67 Å². The lowest BCUT2D eigenvalue weighted by molar-refractivity contribution is 0.422. The third kappa shape index (κ3) is 0.789. The number of hydrogen-bond acceptors (Lipinski definition) is 2. The van der Waals surface area contributed by atoms with Gasteiger partial charge < -0.3 is 10.2 Å².